The van der Waals surface area contributed by atoms with Crippen LogP contribution in [0.15, 0.2) is 12.1 Å². The van der Waals surface area contributed by atoms with Gasteiger partial charge in [0.15, 0.2) is 0 Å². The van der Waals surface area contributed by atoms with Gasteiger partial charge in [-0.3, -0.25) is 4.79 Å². The second-order valence-corrected chi connectivity index (χ2v) is 3.63. The van der Waals surface area contributed by atoms with Crippen LogP contribution in [-0.4, -0.2) is 19.7 Å². The molecule has 0 radical (unpaired) electrons. The number of nitriles is 1. The second kappa shape index (κ2) is 6.62. The Morgan fingerprint density at radius 1 is 1.50 bits per heavy atom. The number of hydrogen-bond acceptors (Lipinski definition) is 5. The fourth-order valence-electron chi connectivity index (χ4n) is 1.70. The molecule has 2 N–H and O–H groups in total. The molecule has 0 bridgehead atoms. The van der Waals surface area contributed by atoms with Crippen LogP contribution in [0.2, 0.25) is 0 Å². The molecule has 0 aromatic heterocycles. The van der Waals surface area contributed by atoms with Gasteiger partial charge in [0.1, 0.15) is 11.8 Å². The third kappa shape index (κ3) is 3.22. The van der Waals surface area contributed by atoms with Crippen LogP contribution < -0.4 is 10.5 Å². The molecule has 96 valence electrons. The van der Waals surface area contributed by atoms with Gasteiger partial charge in [-0.1, -0.05) is 6.07 Å². The van der Waals surface area contributed by atoms with Gasteiger partial charge in [-0.25, -0.2) is 0 Å². The van der Waals surface area contributed by atoms with E-state index in [0.29, 0.717) is 30.0 Å². The minimum absolute atomic E-state index is 0.0690. The van der Waals surface area contributed by atoms with Crippen molar-refractivity contribution in [2.45, 2.75) is 19.9 Å². The normalized spacial score (nSPS) is 9.67. The lowest BCUT2D eigenvalue weighted by atomic mass is 10.0. The maximum atomic E-state index is 11.5. The summed E-state index contributed by atoms with van der Waals surface area (Å²) in [4.78, 5) is 11.5. The first-order chi connectivity index (χ1) is 8.65. The van der Waals surface area contributed by atoms with E-state index in [4.69, 9.17) is 20.5 Å². The van der Waals surface area contributed by atoms with Crippen LogP contribution in [0, 0.1) is 11.3 Å². The average molecular weight is 248 g/mol. The molecule has 5 heteroatoms. The Morgan fingerprint density at radius 3 is 2.72 bits per heavy atom. The van der Waals surface area contributed by atoms with Gasteiger partial charge in [0, 0.05) is 12.1 Å². The minimum atomic E-state index is -0.353. The molecular formula is C13H16N2O3. The maximum Gasteiger partial charge on any atom is 0.310 e. The van der Waals surface area contributed by atoms with E-state index in [0.717, 1.165) is 5.56 Å². The number of methoxy groups -OCH3 is 1. The van der Waals surface area contributed by atoms with Gasteiger partial charge in [0.25, 0.3) is 0 Å². The molecule has 0 amide bonds. The Balaban J connectivity index is 3.15. The van der Waals surface area contributed by atoms with Gasteiger partial charge < -0.3 is 15.2 Å². The molecular weight excluding hydrogens is 232 g/mol. The number of rotatable bonds is 5. The first-order valence-electron chi connectivity index (χ1n) is 5.61. The fourth-order valence-corrected chi connectivity index (χ4v) is 1.70. The van der Waals surface area contributed by atoms with E-state index in [1.54, 1.807) is 19.1 Å². The number of hydrogen-bond donors (Lipinski definition) is 1. The van der Waals surface area contributed by atoms with Crippen LogP contribution in [-0.2, 0) is 22.5 Å². The van der Waals surface area contributed by atoms with E-state index in [2.05, 4.69) is 0 Å². The van der Waals surface area contributed by atoms with Crippen molar-refractivity contribution in [2.75, 3.05) is 13.7 Å². The van der Waals surface area contributed by atoms with Crippen molar-refractivity contribution < 1.29 is 14.3 Å². The number of benzene rings is 1. The van der Waals surface area contributed by atoms with Crippen molar-refractivity contribution in [2.24, 2.45) is 5.73 Å². The third-order valence-electron chi connectivity index (χ3n) is 2.43. The van der Waals surface area contributed by atoms with Crippen LogP contribution in [0.4, 0.5) is 0 Å². The molecule has 0 fully saturated rings. The number of nitrogens with two attached hydrogens (primary N) is 1. The average Bonchev–Trinajstić information content (AvgIpc) is 2.37. The van der Waals surface area contributed by atoms with E-state index in [9.17, 15) is 4.79 Å². The van der Waals surface area contributed by atoms with Crippen LogP contribution in [0.1, 0.15) is 23.6 Å². The molecule has 1 rings (SSSR count). The zero-order valence-electron chi connectivity index (χ0n) is 10.5. The molecule has 0 aliphatic rings. The van der Waals surface area contributed by atoms with Crippen molar-refractivity contribution in [3.8, 4) is 11.8 Å². The van der Waals surface area contributed by atoms with Gasteiger partial charge in [0.05, 0.1) is 25.7 Å². The largest absolute Gasteiger partial charge is 0.495 e. The summed E-state index contributed by atoms with van der Waals surface area (Å²) in [6, 6.07) is 5.45. The van der Waals surface area contributed by atoms with Crippen LogP contribution >= 0.6 is 0 Å². The summed E-state index contributed by atoms with van der Waals surface area (Å²) in [6.45, 7) is 2.36. The van der Waals surface area contributed by atoms with E-state index >= 15 is 0 Å². The van der Waals surface area contributed by atoms with Crippen molar-refractivity contribution in [1.82, 2.24) is 0 Å². The quantitative estimate of drug-likeness (QED) is 0.789. The van der Waals surface area contributed by atoms with Crippen molar-refractivity contribution in [1.29, 1.82) is 5.26 Å². The molecule has 0 saturated heterocycles. The number of carbonyl (C=O) groups excluding carboxylic acids is 1. The van der Waals surface area contributed by atoms with Gasteiger partial charge in [0.2, 0.25) is 0 Å². The maximum absolute atomic E-state index is 11.5. The first kappa shape index (κ1) is 14.0. The fraction of sp³-hybridized carbons (Fsp3) is 0.385. The van der Waals surface area contributed by atoms with E-state index in [-0.39, 0.29) is 12.4 Å². The molecule has 0 unspecified atom stereocenters. The standard InChI is InChI=1S/C13H16N2O3/c1-3-18-12(16)6-10-4-9(7-14)5-11(8-15)13(10)17-2/h4-5H,3,6-7,14H2,1-2H3. The van der Waals surface area contributed by atoms with Crippen molar-refractivity contribution in [3.05, 3.63) is 28.8 Å². The molecule has 0 aliphatic heterocycles. The molecule has 1 aromatic rings. The predicted molar refractivity (Wildman–Crippen MR) is 65.9 cm³/mol. The summed E-state index contributed by atoms with van der Waals surface area (Å²) in [7, 11) is 1.47. The van der Waals surface area contributed by atoms with Crippen molar-refractivity contribution in [3.63, 3.8) is 0 Å². The van der Waals surface area contributed by atoms with E-state index < -0.39 is 0 Å². The molecule has 0 aliphatic carbocycles. The monoisotopic (exact) mass is 248 g/mol. The molecule has 18 heavy (non-hydrogen) atoms. The highest BCUT2D eigenvalue weighted by Gasteiger charge is 2.14. The van der Waals surface area contributed by atoms with Crippen LogP contribution in [0.25, 0.3) is 0 Å². The topological polar surface area (TPSA) is 85.3 Å². The van der Waals surface area contributed by atoms with Gasteiger partial charge in [-0.2, -0.15) is 5.26 Å². The molecule has 0 atom stereocenters. The molecule has 0 spiro atoms. The van der Waals surface area contributed by atoms with Gasteiger partial charge in [-0.15, -0.1) is 0 Å². The number of esters is 1. The third-order valence-corrected chi connectivity index (χ3v) is 2.43. The lowest BCUT2D eigenvalue weighted by Crippen LogP contribution is -2.10. The molecule has 0 saturated carbocycles. The lowest BCUT2D eigenvalue weighted by Gasteiger charge is -2.11. The Bertz CT molecular complexity index is 478. The van der Waals surface area contributed by atoms with E-state index in [1.807, 2.05) is 6.07 Å². The SMILES string of the molecule is CCOC(=O)Cc1cc(CN)cc(C#N)c1OC. The van der Waals surface area contributed by atoms with E-state index in [1.165, 1.54) is 7.11 Å². The number of ether oxygens (including phenoxy) is 2. The first-order valence-corrected chi connectivity index (χ1v) is 5.61. The van der Waals surface area contributed by atoms with Crippen LogP contribution in [0.5, 0.6) is 5.75 Å². The Hall–Kier alpha value is -2.06. The molecule has 1 aromatic carbocycles. The van der Waals surface area contributed by atoms with Gasteiger partial charge >= 0.3 is 5.97 Å². The summed E-state index contributed by atoms with van der Waals surface area (Å²) in [6.07, 6.45) is 0.0690. The highest BCUT2D eigenvalue weighted by atomic mass is 16.5. The van der Waals surface area contributed by atoms with Crippen molar-refractivity contribution >= 4 is 5.97 Å². The van der Waals surface area contributed by atoms with Gasteiger partial charge in [-0.05, 0) is 18.6 Å². The predicted octanol–water partition coefficient (Wildman–Crippen LogP) is 1.13. The Labute approximate surface area is 106 Å². The number of carbonyl (C=O) groups is 1. The summed E-state index contributed by atoms with van der Waals surface area (Å²) >= 11 is 0. The second-order valence-electron chi connectivity index (χ2n) is 3.63. The molecule has 0 heterocycles. The Kier molecular flexibility index (Phi) is 5.15. The van der Waals surface area contributed by atoms with Crippen LogP contribution in [0.3, 0.4) is 0 Å². The zero-order chi connectivity index (χ0) is 13.5. The minimum Gasteiger partial charge on any atom is -0.495 e. The smallest absolute Gasteiger partial charge is 0.310 e. The highest BCUT2D eigenvalue weighted by Crippen LogP contribution is 2.26. The molecule has 5 nitrogen and oxygen atoms in total. The highest BCUT2D eigenvalue weighted by molar-refractivity contribution is 5.74. The summed E-state index contributed by atoms with van der Waals surface area (Å²) in [5, 5.41) is 9.04. The summed E-state index contributed by atoms with van der Waals surface area (Å²) in [5.74, 6) is 0.0524. The number of nitrogens with zero attached hydrogens (tertiary/aromatic N) is 1. The summed E-state index contributed by atoms with van der Waals surface area (Å²) in [5.41, 5.74) is 7.34. The zero-order valence-corrected chi connectivity index (χ0v) is 10.5. The lowest BCUT2D eigenvalue weighted by molar-refractivity contribution is -0.142. The summed E-state index contributed by atoms with van der Waals surface area (Å²) < 4.78 is 10.1. The Morgan fingerprint density at radius 2 is 2.22 bits per heavy atom.